The minimum atomic E-state index is 0.392. The van der Waals surface area contributed by atoms with Crippen molar-refractivity contribution in [2.45, 2.75) is 38.1 Å². The van der Waals surface area contributed by atoms with Gasteiger partial charge in [0.2, 0.25) is 0 Å². The van der Waals surface area contributed by atoms with Gasteiger partial charge in [-0.3, -0.25) is 0 Å². The summed E-state index contributed by atoms with van der Waals surface area (Å²) in [6, 6.07) is 0.392. The lowest BCUT2D eigenvalue weighted by Crippen LogP contribution is -2.43. The smallest absolute Gasteiger partial charge is 0.0209 e. The molecule has 2 heterocycles. The molecule has 0 aromatic heterocycles. The Morgan fingerprint density at radius 1 is 1.12 bits per heavy atom. The number of hydrogen-bond donors (Lipinski definition) is 1. The molecule has 0 spiro atoms. The molecule has 2 N–H and O–H groups in total. The predicted molar refractivity (Wildman–Crippen MR) is 68.5 cm³/mol. The van der Waals surface area contributed by atoms with Crippen LogP contribution in [0.15, 0.2) is 0 Å². The zero-order chi connectivity index (χ0) is 11.4. The van der Waals surface area contributed by atoms with Crippen molar-refractivity contribution in [3.05, 3.63) is 0 Å². The minimum Gasteiger partial charge on any atom is -0.326 e. The minimum absolute atomic E-state index is 0.392. The monoisotopic (exact) mass is 225 g/mol. The molecule has 2 atom stereocenters. The third-order valence-electron chi connectivity index (χ3n) is 4.20. The van der Waals surface area contributed by atoms with Crippen LogP contribution < -0.4 is 5.73 Å². The first-order chi connectivity index (χ1) is 7.75. The summed E-state index contributed by atoms with van der Waals surface area (Å²) in [5.41, 5.74) is 6.35. The molecule has 0 bridgehead atoms. The summed E-state index contributed by atoms with van der Waals surface area (Å²) in [5.74, 6) is 0.730. The van der Waals surface area contributed by atoms with Crippen molar-refractivity contribution in [3.63, 3.8) is 0 Å². The van der Waals surface area contributed by atoms with Crippen molar-refractivity contribution >= 4 is 0 Å². The lowest BCUT2D eigenvalue weighted by atomic mass is 9.99. The molecular weight excluding hydrogens is 198 g/mol. The Balaban J connectivity index is 1.74. The Kier molecular flexibility index (Phi) is 4.62. The Bertz CT molecular complexity index is 199. The number of hydrogen-bond acceptors (Lipinski definition) is 3. The van der Waals surface area contributed by atoms with Gasteiger partial charge < -0.3 is 15.5 Å². The molecule has 2 fully saturated rings. The van der Waals surface area contributed by atoms with Gasteiger partial charge in [-0.1, -0.05) is 12.8 Å². The molecule has 3 heteroatoms. The van der Waals surface area contributed by atoms with Crippen molar-refractivity contribution in [1.82, 2.24) is 9.80 Å². The summed E-state index contributed by atoms with van der Waals surface area (Å²) in [4.78, 5) is 5.00. The molecule has 16 heavy (non-hydrogen) atoms. The van der Waals surface area contributed by atoms with Gasteiger partial charge in [0.1, 0.15) is 0 Å². The van der Waals surface area contributed by atoms with Gasteiger partial charge in [0.15, 0.2) is 0 Å². The molecule has 0 aliphatic carbocycles. The fraction of sp³-hybridized carbons (Fsp3) is 1.00. The molecule has 2 rings (SSSR count). The molecule has 0 amide bonds. The number of rotatable bonds is 3. The second-order valence-electron chi connectivity index (χ2n) is 5.69. The third-order valence-corrected chi connectivity index (χ3v) is 4.20. The molecule has 2 aliphatic heterocycles. The van der Waals surface area contributed by atoms with E-state index in [4.69, 9.17) is 5.73 Å². The second kappa shape index (κ2) is 5.99. The van der Waals surface area contributed by atoms with Crippen molar-refractivity contribution in [3.8, 4) is 0 Å². The summed E-state index contributed by atoms with van der Waals surface area (Å²) in [7, 11) is 2.21. The summed E-state index contributed by atoms with van der Waals surface area (Å²) in [5, 5.41) is 0. The van der Waals surface area contributed by atoms with E-state index in [1.165, 1.54) is 58.3 Å². The van der Waals surface area contributed by atoms with Crippen LogP contribution in [0.25, 0.3) is 0 Å². The predicted octanol–water partition coefficient (Wildman–Crippen LogP) is 1.14. The van der Waals surface area contributed by atoms with Gasteiger partial charge in [0.05, 0.1) is 0 Å². The van der Waals surface area contributed by atoms with Crippen molar-refractivity contribution < 1.29 is 0 Å². The summed E-state index contributed by atoms with van der Waals surface area (Å²) >= 11 is 0. The SMILES string of the molecule is CN1CCC(C(N)CN2CCCCCC2)C1. The highest BCUT2D eigenvalue weighted by molar-refractivity contribution is 4.84. The summed E-state index contributed by atoms with van der Waals surface area (Å²) < 4.78 is 0. The van der Waals surface area contributed by atoms with Gasteiger partial charge >= 0.3 is 0 Å². The van der Waals surface area contributed by atoms with Crippen molar-refractivity contribution in [1.29, 1.82) is 0 Å². The van der Waals surface area contributed by atoms with Crippen LogP contribution in [0, 0.1) is 5.92 Å². The largest absolute Gasteiger partial charge is 0.326 e. The van der Waals surface area contributed by atoms with Crippen LogP contribution in [0.3, 0.4) is 0 Å². The maximum atomic E-state index is 6.35. The molecule has 94 valence electrons. The Hall–Kier alpha value is -0.120. The van der Waals surface area contributed by atoms with E-state index in [0.717, 1.165) is 12.5 Å². The van der Waals surface area contributed by atoms with Crippen LogP contribution in [-0.2, 0) is 0 Å². The highest BCUT2D eigenvalue weighted by Crippen LogP contribution is 2.19. The first kappa shape index (κ1) is 12.3. The summed E-state index contributed by atoms with van der Waals surface area (Å²) in [6.45, 7) is 6.11. The van der Waals surface area contributed by atoms with E-state index >= 15 is 0 Å². The molecule has 3 nitrogen and oxygen atoms in total. The van der Waals surface area contributed by atoms with Crippen molar-refractivity contribution in [2.24, 2.45) is 11.7 Å². The number of nitrogens with zero attached hydrogens (tertiary/aromatic N) is 2. The standard InChI is InChI=1S/C13H27N3/c1-15-9-6-12(10-15)13(14)11-16-7-4-2-3-5-8-16/h12-13H,2-11,14H2,1H3. The first-order valence-electron chi connectivity index (χ1n) is 6.92. The van der Waals surface area contributed by atoms with E-state index in [1.54, 1.807) is 0 Å². The Labute approximate surface area is 100.0 Å². The van der Waals surface area contributed by atoms with Gasteiger partial charge in [-0.2, -0.15) is 0 Å². The molecule has 0 aromatic carbocycles. The van der Waals surface area contributed by atoms with Gasteiger partial charge in [-0.15, -0.1) is 0 Å². The maximum Gasteiger partial charge on any atom is 0.0209 e. The van der Waals surface area contributed by atoms with Gasteiger partial charge in [0, 0.05) is 19.1 Å². The molecule has 0 saturated carbocycles. The highest BCUT2D eigenvalue weighted by atomic mass is 15.2. The molecule has 2 aliphatic rings. The summed E-state index contributed by atoms with van der Waals surface area (Å²) in [6.07, 6.45) is 6.87. The van der Waals surface area contributed by atoms with Crippen LogP contribution in [0.2, 0.25) is 0 Å². The zero-order valence-corrected chi connectivity index (χ0v) is 10.7. The van der Waals surface area contributed by atoms with Crippen LogP contribution in [0.1, 0.15) is 32.1 Å². The van der Waals surface area contributed by atoms with E-state index in [0.29, 0.717) is 6.04 Å². The van der Waals surface area contributed by atoms with Crippen molar-refractivity contribution in [2.75, 3.05) is 39.8 Å². The molecule has 2 unspecified atom stereocenters. The lowest BCUT2D eigenvalue weighted by molar-refractivity contribution is 0.236. The highest BCUT2D eigenvalue weighted by Gasteiger charge is 2.26. The second-order valence-corrected chi connectivity index (χ2v) is 5.69. The van der Waals surface area contributed by atoms with Gasteiger partial charge in [0.25, 0.3) is 0 Å². The Morgan fingerprint density at radius 3 is 2.38 bits per heavy atom. The average molecular weight is 225 g/mol. The van der Waals surface area contributed by atoms with E-state index in [-0.39, 0.29) is 0 Å². The topological polar surface area (TPSA) is 32.5 Å². The fourth-order valence-corrected chi connectivity index (χ4v) is 3.08. The fourth-order valence-electron chi connectivity index (χ4n) is 3.08. The average Bonchev–Trinajstić information content (AvgIpc) is 2.54. The van der Waals surface area contributed by atoms with E-state index < -0.39 is 0 Å². The molecular formula is C13H27N3. The van der Waals surface area contributed by atoms with E-state index in [1.807, 2.05) is 0 Å². The van der Waals surface area contributed by atoms with Gasteiger partial charge in [-0.05, 0) is 51.9 Å². The lowest BCUT2D eigenvalue weighted by Gasteiger charge is -2.27. The first-order valence-corrected chi connectivity index (χ1v) is 6.92. The van der Waals surface area contributed by atoms with E-state index in [2.05, 4.69) is 16.8 Å². The van der Waals surface area contributed by atoms with Crippen LogP contribution in [0.5, 0.6) is 0 Å². The molecule has 0 aromatic rings. The normalized spacial score (nSPS) is 31.5. The maximum absolute atomic E-state index is 6.35. The van der Waals surface area contributed by atoms with E-state index in [9.17, 15) is 0 Å². The molecule has 0 radical (unpaired) electrons. The Morgan fingerprint density at radius 2 is 1.81 bits per heavy atom. The zero-order valence-electron chi connectivity index (χ0n) is 10.7. The van der Waals surface area contributed by atoms with Crippen LogP contribution in [-0.4, -0.2) is 55.6 Å². The van der Waals surface area contributed by atoms with Crippen LogP contribution in [0.4, 0.5) is 0 Å². The number of likely N-dealkylation sites (tertiary alicyclic amines) is 2. The molecule has 2 saturated heterocycles. The third kappa shape index (κ3) is 3.44. The number of nitrogens with two attached hydrogens (primary N) is 1. The van der Waals surface area contributed by atoms with Crippen LogP contribution >= 0.6 is 0 Å². The van der Waals surface area contributed by atoms with Gasteiger partial charge in [-0.25, -0.2) is 0 Å². The quantitative estimate of drug-likeness (QED) is 0.782.